The van der Waals surface area contributed by atoms with E-state index < -0.39 is 5.92 Å². The first-order chi connectivity index (χ1) is 12.5. The molecule has 1 unspecified atom stereocenters. The fourth-order valence-corrected chi connectivity index (χ4v) is 3.43. The molecule has 1 aromatic carbocycles. The zero-order valence-corrected chi connectivity index (χ0v) is 14.8. The van der Waals surface area contributed by atoms with Gasteiger partial charge < -0.3 is 23.5 Å². The van der Waals surface area contributed by atoms with Crippen LogP contribution in [0.2, 0.25) is 0 Å². The molecule has 2 aliphatic rings. The molecule has 0 amide bonds. The second kappa shape index (κ2) is 6.09. The summed E-state index contributed by atoms with van der Waals surface area (Å²) in [6.45, 7) is 2.68. The zero-order valence-electron chi connectivity index (χ0n) is 14.8. The molecule has 3 heterocycles. The Morgan fingerprint density at radius 2 is 1.88 bits per heavy atom. The summed E-state index contributed by atoms with van der Waals surface area (Å²) < 4.78 is 23.6. The van der Waals surface area contributed by atoms with Crippen LogP contribution in [-0.4, -0.2) is 30.9 Å². The highest BCUT2D eigenvalue weighted by Gasteiger charge is 2.33. The fourth-order valence-electron chi connectivity index (χ4n) is 3.43. The number of ether oxygens (including phenoxy) is 4. The molecule has 1 atom stereocenters. The van der Waals surface area contributed by atoms with Gasteiger partial charge in [0.15, 0.2) is 11.5 Å². The number of esters is 1. The van der Waals surface area contributed by atoms with Crippen LogP contribution in [0.15, 0.2) is 23.0 Å². The van der Waals surface area contributed by atoms with Crippen LogP contribution in [0.25, 0.3) is 0 Å². The molecule has 0 N–H and O–H groups in total. The molecule has 26 heavy (non-hydrogen) atoms. The number of fused-ring (bicyclic) bond motifs is 2. The summed E-state index contributed by atoms with van der Waals surface area (Å²) in [6.07, 6.45) is 0.0775. The van der Waals surface area contributed by atoms with Crippen LogP contribution >= 0.6 is 0 Å². The van der Waals surface area contributed by atoms with Gasteiger partial charge in [0.05, 0.1) is 19.1 Å². The van der Waals surface area contributed by atoms with Crippen molar-refractivity contribution >= 4 is 5.97 Å². The Morgan fingerprint density at radius 3 is 2.65 bits per heavy atom. The van der Waals surface area contributed by atoms with E-state index in [2.05, 4.69) is 0 Å². The third-order valence-corrected chi connectivity index (χ3v) is 4.87. The molecule has 0 radical (unpaired) electrons. The van der Waals surface area contributed by atoms with Gasteiger partial charge in [0, 0.05) is 24.7 Å². The maximum Gasteiger partial charge on any atom is 0.312 e. The third-order valence-electron chi connectivity index (χ3n) is 4.87. The predicted molar refractivity (Wildman–Crippen MR) is 92.5 cm³/mol. The van der Waals surface area contributed by atoms with E-state index in [1.807, 2.05) is 6.07 Å². The maximum atomic E-state index is 12.9. The topological polar surface area (TPSA) is 76.0 Å². The molecule has 0 spiro atoms. The Labute approximate surface area is 150 Å². The Kier molecular flexibility index (Phi) is 3.86. The van der Waals surface area contributed by atoms with Crippen molar-refractivity contribution in [1.29, 1.82) is 0 Å². The van der Waals surface area contributed by atoms with Crippen molar-refractivity contribution in [1.82, 2.24) is 4.57 Å². The van der Waals surface area contributed by atoms with E-state index >= 15 is 0 Å². The van der Waals surface area contributed by atoms with Crippen LogP contribution in [0.3, 0.4) is 0 Å². The number of methoxy groups -OCH3 is 1. The van der Waals surface area contributed by atoms with E-state index in [9.17, 15) is 9.59 Å². The number of pyridine rings is 1. The van der Waals surface area contributed by atoms with E-state index in [0.717, 1.165) is 11.3 Å². The van der Waals surface area contributed by atoms with Gasteiger partial charge in [0.25, 0.3) is 5.56 Å². The Bertz CT molecular complexity index is 944. The fraction of sp³-hybridized carbons (Fsp3) is 0.368. The summed E-state index contributed by atoms with van der Waals surface area (Å²) in [5.41, 5.74) is 1.77. The maximum absolute atomic E-state index is 12.9. The quantitative estimate of drug-likeness (QED) is 0.765. The van der Waals surface area contributed by atoms with Gasteiger partial charge in [-0.2, -0.15) is 0 Å². The molecule has 1 aromatic heterocycles. The van der Waals surface area contributed by atoms with Gasteiger partial charge in [-0.15, -0.1) is 0 Å². The standard InChI is InChI=1S/C19H19NO6/c1-10-6-13-17(19(22)20(10)2)12(9-16(21)26-13)11-7-14(23-3)18-15(8-11)24-4-5-25-18/h6-8,12H,4-5,9H2,1-3H3. The molecule has 0 saturated carbocycles. The van der Waals surface area contributed by atoms with E-state index in [1.54, 1.807) is 37.8 Å². The molecular weight excluding hydrogens is 338 g/mol. The van der Waals surface area contributed by atoms with Crippen LogP contribution in [0.1, 0.15) is 29.2 Å². The SMILES string of the molecule is COc1cc(C2CC(=O)Oc3cc(C)n(C)c(=O)c32)cc2c1OCCO2. The summed E-state index contributed by atoms with van der Waals surface area (Å²) in [4.78, 5) is 25.0. The van der Waals surface area contributed by atoms with Gasteiger partial charge in [0.1, 0.15) is 19.0 Å². The first-order valence-electron chi connectivity index (χ1n) is 8.38. The number of nitrogens with zero attached hydrogens (tertiary/aromatic N) is 1. The number of aryl methyl sites for hydroxylation is 1. The van der Waals surface area contributed by atoms with Gasteiger partial charge in [-0.25, -0.2) is 0 Å². The Morgan fingerprint density at radius 1 is 1.12 bits per heavy atom. The number of aromatic nitrogens is 1. The molecule has 0 bridgehead atoms. The highest BCUT2D eigenvalue weighted by Crippen LogP contribution is 2.45. The van der Waals surface area contributed by atoms with E-state index in [4.69, 9.17) is 18.9 Å². The molecule has 0 fully saturated rings. The van der Waals surface area contributed by atoms with Crippen molar-refractivity contribution < 1.29 is 23.7 Å². The van der Waals surface area contributed by atoms with Crippen LogP contribution in [0, 0.1) is 6.92 Å². The third kappa shape index (κ3) is 2.51. The largest absolute Gasteiger partial charge is 0.493 e. The lowest BCUT2D eigenvalue weighted by Crippen LogP contribution is -2.32. The van der Waals surface area contributed by atoms with Gasteiger partial charge in [0.2, 0.25) is 5.75 Å². The molecule has 0 aliphatic carbocycles. The summed E-state index contributed by atoms with van der Waals surface area (Å²) in [7, 11) is 3.25. The van der Waals surface area contributed by atoms with Crippen LogP contribution in [0.4, 0.5) is 0 Å². The van der Waals surface area contributed by atoms with Gasteiger partial charge in [-0.1, -0.05) is 0 Å². The zero-order chi connectivity index (χ0) is 18.4. The minimum Gasteiger partial charge on any atom is -0.493 e. The number of hydrogen-bond donors (Lipinski definition) is 0. The average molecular weight is 357 g/mol. The lowest BCUT2D eigenvalue weighted by molar-refractivity contribution is -0.135. The highest BCUT2D eigenvalue weighted by atomic mass is 16.6. The number of benzene rings is 1. The Hall–Kier alpha value is -2.96. The minimum absolute atomic E-state index is 0.0775. The number of carbonyl (C=O) groups is 1. The number of carbonyl (C=O) groups excluding carboxylic acids is 1. The molecular formula is C19H19NO6. The second-order valence-corrected chi connectivity index (χ2v) is 6.41. The Balaban J connectivity index is 1.91. The summed E-state index contributed by atoms with van der Waals surface area (Å²) >= 11 is 0. The van der Waals surface area contributed by atoms with E-state index in [-0.39, 0.29) is 17.9 Å². The molecule has 2 aromatic rings. The summed E-state index contributed by atoms with van der Waals surface area (Å²) in [5, 5.41) is 0. The first-order valence-corrected chi connectivity index (χ1v) is 8.38. The number of hydrogen-bond acceptors (Lipinski definition) is 6. The predicted octanol–water partition coefficient (Wildman–Crippen LogP) is 1.91. The van der Waals surface area contributed by atoms with Crippen LogP contribution in [0.5, 0.6) is 23.0 Å². The molecule has 136 valence electrons. The first kappa shape index (κ1) is 16.5. The van der Waals surface area contributed by atoms with Crippen molar-refractivity contribution in [3.63, 3.8) is 0 Å². The van der Waals surface area contributed by atoms with Crippen LogP contribution < -0.4 is 24.5 Å². The van der Waals surface area contributed by atoms with Gasteiger partial charge in [-0.05, 0) is 24.6 Å². The van der Waals surface area contributed by atoms with Crippen molar-refractivity contribution in [2.24, 2.45) is 7.05 Å². The van der Waals surface area contributed by atoms with Crippen molar-refractivity contribution in [3.8, 4) is 23.0 Å². The lowest BCUT2D eigenvalue weighted by atomic mass is 9.86. The summed E-state index contributed by atoms with van der Waals surface area (Å²) in [5.74, 6) is 1.12. The highest BCUT2D eigenvalue weighted by molar-refractivity contribution is 5.78. The molecule has 2 aliphatic heterocycles. The molecule has 4 rings (SSSR count). The minimum atomic E-state index is -0.435. The van der Waals surface area contributed by atoms with Gasteiger partial charge >= 0.3 is 5.97 Å². The molecule has 7 nitrogen and oxygen atoms in total. The van der Waals surface area contributed by atoms with Crippen LogP contribution in [-0.2, 0) is 11.8 Å². The second-order valence-electron chi connectivity index (χ2n) is 6.41. The van der Waals surface area contributed by atoms with Crippen molar-refractivity contribution in [3.05, 3.63) is 45.4 Å². The van der Waals surface area contributed by atoms with Crippen molar-refractivity contribution in [2.75, 3.05) is 20.3 Å². The smallest absolute Gasteiger partial charge is 0.312 e. The van der Waals surface area contributed by atoms with Crippen molar-refractivity contribution in [2.45, 2.75) is 19.3 Å². The normalized spacial score (nSPS) is 18.1. The number of rotatable bonds is 2. The summed E-state index contributed by atoms with van der Waals surface area (Å²) in [6, 6.07) is 5.32. The van der Waals surface area contributed by atoms with E-state index in [0.29, 0.717) is 41.8 Å². The van der Waals surface area contributed by atoms with Gasteiger partial charge in [-0.3, -0.25) is 9.59 Å². The molecule has 0 saturated heterocycles. The average Bonchev–Trinajstić information content (AvgIpc) is 2.64. The van der Waals surface area contributed by atoms with E-state index in [1.165, 1.54) is 0 Å². The molecule has 7 heteroatoms. The monoisotopic (exact) mass is 357 g/mol. The lowest BCUT2D eigenvalue weighted by Gasteiger charge is -2.27.